The van der Waals surface area contributed by atoms with Gasteiger partial charge >= 0.3 is 0 Å². The molecule has 1 N–H and O–H groups in total. The van der Waals surface area contributed by atoms with E-state index in [0.717, 1.165) is 24.2 Å². The van der Waals surface area contributed by atoms with E-state index in [0.29, 0.717) is 30.4 Å². The number of hydrogen-bond acceptors (Lipinski definition) is 5. The molecule has 0 bridgehead atoms. The third-order valence-electron chi connectivity index (χ3n) is 4.44. The van der Waals surface area contributed by atoms with Gasteiger partial charge < -0.3 is 15.0 Å². The minimum absolute atomic E-state index is 0.183. The third kappa shape index (κ3) is 4.12. The first-order valence-electron chi connectivity index (χ1n) is 8.91. The summed E-state index contributed by atoms with van der Waals surface area (Å²) >= 11 is 0. The second-order valence-corrected chi connectivity index (χ2v) is 6.27. The molecule has 6 nitrogen and oxygen atoms in total. The molecular formula is C21H20N4O2. The van der Waals surface area contributed by atoms with Crippen LogP contribution in [0.25, 0.3) is 11.1 Å². The predicted molar refractivity (Wildman–Crippen MR) is 105 cm³/mol. The number of morpholine rings is 1. The zero-order valence-electron chi connectivity index (χ0n) is 14.8. The van der Waals surface area contributed by atoms with Gasteiger partial charge in [0.1, 0.15) is 0 Å². The van der Waals surface area contributed by atoms with Gasteiger partial charge in [0, 0.05) is 18.7 Å². The first-order chi connectivity index (χ1) is 13.3. The molecule has 0 radical (unpaired) electrons. The van der Waals surface area contributed by atoms with Gasteiger partial charge in [0.25, 0.3) is 5.91 Å². The number of carbonyl (C=O) groups excluding carboxylic acids is 1. The highest BCUT2D eigenvalue weighted by Gasteiger charge is 2.14. The van der Waals surface area contributed by atoms with Gasteiger partial charge in [0.05, 0.1) is 31.3 Å². The SMILES string of the molecule is O=C(Nc1cnc(N2CCOCC2)nc1)c1ccc(-c2ccccc2)cc1. The highest BCUT2D eigenvalue weighted by molar-refractivity contribution is 6.04. The second-order valence-electron chi connectivity index (χ2n) is 6.27. The van der Waals surface area contributed by atoms with E-state index in [1.807, 2.05) is 54.6 Å². The van der Waals surface area contributed by atoms with E-state index >= 15 is 0 Å². The van der Waals surface area contributed by atoms with Crippen molar-refractivity contribution in [3.63, 3.8) is 0 Å². The lowest BCUT2D eigenvalue weighted by molar-refractivity contribution is 0.102. The van der Waals surface area contributed by atoms with Crippen molar-refractivity contribution in [2.75, 3.05) is 36.5 Å². The molecule has 3 aromatic rings. The van der Waals surface area contributed by atoms with Crippen LogP contribution in [-0.4, -0.2) is 42.2 Å². The Bertz CT molecular complexity index is 890. The highest BCUT2D eigenvalue weighted by Crippen LogP contribution is 2.20. The summed E-state index contributed by atoms with van der Waals surface area (Å²) in [5.74, 6) is 0.473. The topological polar surface area (TPSA) is 67.4 Å². The summed E-state index contributed by atoms with van der Waals surface area (Å²) in [4.78, 5) is 23.2. The van der Waals surface area contributed by atoms with E-state index in [-0.39, 0.29) is 5.91 Å². The fourth-order valence-corrected chi connectivity index (χ4v) is 2.96. The molecule has 1 saturated heterocycles. The average molecular weight is 360 g/mol. The van der Waals surface area contributed by atoms with Crippen LogP contribution in [0.1, 0.15) is 10.4 Å². The summed E-state index contributed by atoms with van der Waals surface area (Å²) in [6.07, 6.45) is 3.27. The number of hydrogen-bond donors (Lipinski definition) is 1. The molecule has 2 aromatic carbocycles. The van der Waals surface area contributed by atoms with Crippen LogP contribution in [0.15, 0.2) is 67.0 Å². The van der Waals surface area contributed by atoms with Gasteiger partial charge in [0.15, 0.2) is 0 Å². The molecule has 6 heteroatoms. The molecule has 2 heterocycles. The Labute approximate surface area is 157 Å². The molecule has 0 aliphatic carbocycles. The Balaban J connectivity index is 1.41. The van der Waals surface area contributed by atoms with Crippen molar-refractivity contribution in [3.05, 3.63) is 72.6 Å². The number of ether oxygens (including phenoxy) is 1. The van der Waals surface area contributed by atoms with Crippen LogP contribution in [0.4, 0.5) is 11.6 Å². The molecule has 0 atom stereocenters. The molecule has 1 fully saturated rings. The Morgan fingerprint density at radius 1 is 0.889 bits per heavy atom. The van der Waals surface area contributed by atoms with E-state index in [1.165, 1.54) is 0 Å². The fourth-order valence-electron chi connectivity index (χ4n) is 2.96. The second kappa shape index (κ2) is 7.97. The minimum atomic E-state index is -0.183. The van der Waals surface area contributed by atoms with Crippen LogP contribution in [0.3, 0.4) is 0 Å². The van der Waals surface area contributed by atoms with E-state index in [4.69, 9.17) is 4.74 Å². The maximum atomic E-state index is 12.5. The quantitative estimate of drug-likeness (QED) is 0.774. The van der Waals surface area contributed by atoms with Gasteiger partial charge in [-0.25, -0.2) is 9.97 Å². The predicted octanol–water partition coefficient (Wildman–Crippen LogP) is 3.23. The lowest BCUT2D eigenvalue weighted by atomic mass is 10.0. The minimum Gasteiger partial charge on any atom is -0.378 e. The van der Waals surface area contributed by atoms with Gasteiger partial charge in [-0.1, -0.05) is 42.5 Å². The smallest absolute Gasteiger partial charge is 0.255 e. The Morgan fingerprint density at radius 2 is 1.52 bits per heavy atom. The maximum absolute atomic E-state index is 12.5. The number of anilines is 2. The van der Waals surface area contributed by atoms with E-state index < -0.39 is 0 Å². The molecule has 136 valence electrons. The standard InChI is InChI=1S/C21H20N4O2/c26-20(18-8-6-17(7-9-18)16-4-2-1-3-5-16)24-19-14-22-21(23-15-19)25-10-12-27-13-11-25/h1-9,14-15H,10-13H2,(H,24,26). The number of benzene rings is 2. The highest BCUT2D eigenvalue weighted by atomic mass is 16.5. The molecular weight excluding hydrogens is 340 g/mol. The van der Waals surface area contributed by atoms with Gasteiger partial charge in [-0.2, -0.15) is 0 Å². The molecule has 1 amide bonds. The average Bonchev–Trinajstić information content (AvgIpc) is 2.76. The molecule has 0 unspecified atom stereocenters. The van der Waals surface area contributed by atoms with Crippen molar-refractivity contribution in [2.45, 2.75) is 0 Å². The van der Waals surface area contributed by atoms with Gasteiger partial charge in [0.2, 0.25) is 5.95 Å². The molecule has 27 heavy (non-hydrogen) atoms. The summed E-state index contributed by atoms with van der Waals surface area (Å²) < 4.78 is 5.33. The van der Waals surface area contributed by atoms with Crippen molar-refractivity contribution in [2.24, 2.45) is 0 Å². The summed E-state index contributed by atoms with van der Waals surface area (Å²) in [5, 5.41) is 2.84. The van der Waals surface area contributed by atoms with Crippen LogP contribution in [-0.2, 0) is 4.74 Å². The zero-order valence-corrected chi connectivity index (χ0v) is 14.8. The molecule has 1 aromatic heterocycles. The van der Waals surface area contributed by atoms with Crippen LogP contribution >= 0.6 is 0 Å². The Morgan fingerprint density at radius 3 is 2.19 bits per heavy atom. The normalized spacial score (nSPS) is 14.0. The van der Waals surface area contributed by atoms with Crippen molar-refractivity contribution < 1.29 is 9.53 Å². The Hall–Kier alpha value is -3.25. The molecule has 4 rings (SSSR count). The van der Waals surface area contributed by atoms with Crippen molar-refractivity contribution in [1.82, 2.24) is 9.97 Å². The molecule has 0 spiro atoms. The first kappa shape index (κ1) is 17.2. The molecule has 0 saturated carbocycles. The van der Waals surface area contributed by atoms with Crippen LogP contribution < -0.4 is 10.2 Å². The lowest BCUT2D eigenvalue weighted by Crippen LogP contribution is -2.37. The number of aromatic nitrogens is 2. The third-order valence-corrected chi connectivity index (χ3v) is 4.44. The number of nitrogens with one attached hydrogen (secondary N) is 1. The number of carbonyl (C=O) groups is 1. The molecule has 1 aliphatic heterocycles. The van der Waals surface area contributed by atoms with E-state index in [2.05, 4.69) is 20.2 Å². The first-order valence-corrected chi connectivity index (χ1v) is 8.91. The van der Waals surface area contributed by atoms with Crippen LogP contribution in [0, 0.1) is 0 Å². The fraction of sp³-hybridized carbons (Fsp3) is 0.190. The summed E-state index contributed by atoms with van der Waals surface area (Å²) in [5.41, 5.74) is 3.36. The van der Waals surface area contributed by atoms with Crippen molar-refractivity contribution in [1.29, 1.82) is 0 Å². The van der Waals surface area contributed by atoms with Gasteiger partial charge in [-0.15, -0.1) is 0 Å². The number of rotatable bonds is 4. The number of amides is 1. The van der Waals surface area contributed by atoms with Crippen molar-refractivity contribution in [3.8, 4) is 11.1 Å². The largest absolute Gasteiger partial charge is 0.378 e. The van der Waals surface area contributed by atoms with E-state index in [1.54, 1.807) is 12.4 Å². The van der Waals surface area contributed by atoms with Crippen LogP contribution in [0.5, 0.6) is 0 Å². The maximum Gasteiger partial charge on any atom is 0.255 e. The Kier molecular flexibility index (Phi) is 5.07. The molecule has 1 aliphatic rings. The summed E-state index contributed by atoms with van der Waals surface area (Å²) in [6, 6.07) is 17.6. The van der Waals surface area contributed by atoms with Crippen molar-refractivity contribution >= 4 is 17.5 Å². The lowest BCUT2D eigenvalue weighted by Gasteiger charge is -2.26. The van der Waals surface area contributed by atoms with Crippen LogP contribution in [0.2, 0.25) is 0 Å². The number of nitrogens with zero attached hydrogens (tertiary/aromatic N) is 3. The van der Waals surface area contributed by atoms with Gasteiger partial charge in [-0.3, -0.25) is 4.79 Å². The summed E-state index contributed by atoms with van der Waals surface area (Å²) in [7, 11) is 0. The van der Waals surface area contributed by atoms with E-state index in [9.17, 15) is 4.79 Å². The summed E-state index contributed by atoms with van der Waals surface area (Å²) in [6.45, 7) is 2.92. The van der Waals surface area contributed by atoms with Gasteiger partial charge in [-0.05, 0) is 23.3 Å². The zero-order chi connectivity index (χ0) is 18.5. The monoisotopic (exact) mass is 360 g/mol.